The van der Waals surface area contributed by atoms with Crippen LogP contribution in [0, 0.1) is 5.92 Å². The molecule has 11 heavy (non-hydrogen) atoms. The highest BCUT2D eigenvalue weighted by molar-refractivity contribution is 7.76. The predicted octanol–water partition coefficient (Wildman–Crippen LogP) is 1.49. The van der Waals surface area contributed by atoms with Gasteiger partial charge in [0.25, 0.3) is 0 Å². The Morgan fingerprint density at radius 1 is 1.36 bits per heavy atom. The molecule has 0 spiro atoms. The lowest BCUT2D eigenvalue weighted by atomic mass is 10.2. The molecule has 0 heterocycles. The second kappa shape index (κ2) is 4.85. The smallest absolute Gasteiger partial charge is 0.234 e. The summed E-state index contributed by atoms with van der Waals surface area (Å²) < 4.78 is 21.1. The van der Waals surface area contributed by atoms with E-state index in [1.54, 1.807) is 4.31 Å². The van der Waals surface area contributed by atoms with Crippen LogP contribution in [0.15, 0.2) is 0 Å². The second-order valence-corrected chi connectivity index (χ2v) is 4.25. The van der Waals surface area contributed by atoms with E-state index in [1.807, 2.05) is 27.7 Å². The van der Waals surface area contributed by atoms with Gasteiger partial charge in [-0.15, -0.1) is 0 Å². The highest BCUT2D eigenvalue weighted by Crippen LogP contribution is 2.05. The fraction of sp³-hybridized carbons (Fsp3) is 1.00. The molecule has 0 aliphatic rings. The topological polar surface area (TPSA) is 40.5 Å². The Kier molecular flexibility index (Phi) is 4.88. The van der Waals surface area contributed by atoms with E-state index < -0.39 is 11.3 Å². The first kappa shape index (κ1) is 11.1. The zero-order chi connectivity index (χ0) is 9.02. The first-order chi connectivity index (χ1) is 4.95. The van der Waals surface area contributed by atoms with E-state index in [2.05, 4.69) is 0 Å². The molecule has 0 aliphatic carbocycles. The summed E-state index contributed by atoms with van der Waals surface area (Å²) in [5, 5.41) is 0. The van der Waals surface area contributed by atoms with E-state index in [0.717, 1.165) is 0 Å². The van der Waals surface area contributed by atoms with Crippen molar-refractivity contribution in [2.45, 2.75) is 33.7 Å². The van der Waals surface area contributed by atoms with Crippen LogP contribution in [0.2, 0.25) is 0 Å². The van der Waals surface area contributed by atoms with Gasteiger partial charge in [0.1, 0.15) is 0 Å². The van der Waals surface area contributed by atoms with Gasteiger partial charge in [0.05, 0.1) is 0 Å². The lowest BCUT2D eigenvalue weighted by Gasteiger charge is -2.23. The van der Waals surface area contributed by atoms with Crippen molar-refractivity contribution in [2.24, 2.45) is 5.92 Å². The van der Waals surface area contributed by atoms with Gasteiger partial charge in [-0.1, -0.05) is 13.8 Å². The molecule has 1 unspecified atom stereocenters. The average Bonchev–Trinajstić information content (AvgIpc) is 1.81. The molecule has 4 heteroatoms. The monoisotopic (exact) mass is 179 g/mol. The molecule has 0 aromatic heterocycles. The first-order valence-corrected chi connectivity index (χ1v) is 4.89. The summed E-state index contributed by atoms with van der Waals surface area (Å²) in [5.41, 5.74) is 0. The minimum atomic E-state index is -1.82. The normalized spacial score (nSPS) is 14.9. The van der Waals surface area contributed by atoms with Gasteiger partial charge >= 0.3 is 0 Å². The van der Waals surface area contributed by atoms with Crippen LogP contribution in [0.3, 0.4) is 0 Å². The van der Waals surface area contributed by atoms with Crippen LogP contribution < -0.4 is 0 Å². The molecule has 0 aliphatic heterocycles. The zero-order valence-electron chi connectivity index (χ0n) is 7.57. The fourth-order valence-corrected chi connectivity index (χ4v) is 1.60. The third-order valence-electron chi connectivity index (χ3n) is 1.32. The van der Waals surface area contributed by atoms with E-state index in [-0.39, 0.29) is 6.04 Å². The molecule has 68 valence electrons. The van der Waals surface area contributed by atoms with Gasteiger partial charge in [0.2, 0.25) is 11.3 Å². The number of rotatable bonds is 4. The van der Waals surface area contributed by atoms with Crippen molar-refractivity contribution in [3.05, 3.63) is 0 Å². The van der Waals surface area contributed by atoms with Crippen LogP contribution in [0.5, 0.6) is 0 Å². The lowest BCUT2D eigenvalue weighted by Crippen LogP contribution is -2.35. The number of hydrogen-bond acceptors (Lipinski definition) is 1. The Hall–Kier alpha value is 0.0700. The van der Waals surface area contributed by atoms with Crippen LogP contribution in [-0.2, 0) is 11.3 Å². The van der Waals surface area contributed by atoms with Gasteiger partial charge in [-0.25, -0.2) is 4.21 Å². The van der Waals surface area contributed by atoms with Crippen molar-refractivity contribution in [1.29, 1.82) is 0 Å². The SMILES string of the molecule is CC(C)CN(C(C)C)S(=O)O. The molecule has 0 radical (unpaired) electrons. The van der Waals surface area contributed by atoms with Crippen molar-refractivity contribution in [1.82, 2.24) is 4.31 Å². The van der Waals surface area contributed by atoms with Crippen molar-refractivity contribution < 1.29 is 8.76 Å². The first-order valence-electron chi connectivity index (χ1n) is 3.82. The maximum absolute atomic E-state index is 10.7. The molecule has 0 bridgehead atoms. The van der Waals surface area contributed by atoms with E-state index in [1.165, 1.54) is 0 Å². The van der Waals surface area contributed by atoms with Gasteiger partial charge in [0.15, 0.2) is 0 Å². The summed E-state index contributed by atoms with van der Waals surface area (Å²) in [7, 11) is 0. The molecule has 1 atom stereocenters. The molecule has 0 saturated carbocycles. The van der Waals surface area contributed by atoms with Gasteiger partial charge in [-0.05, 0) is 19.8 Å². The van der Waals surface area contributed by atoms with Gasteiger partial charge in [-0.3, -0.25) is 4.55 Å². The summed E-state index contributed by atoms with van der Waals surface area (Å²) in [6.45, 7) is 8.55. The van der Waals surface area contributed by atoms with Crippen LogP contribution in [0.25, 0.3) is 0 Å². The molecule has 0 saturated heterocycles. The average molecular weight is 179 g/mol. The Morgan fingerprint density at radius 2 is 1.82 bits per heavy atom. The van der Waals surface area contributed by atoms with E-state index in [0.29, 0.717) is 12.5 Å². The highest BCUT2D eigenvalue weighted by Gasteiger charge is 2.15. The summed E-state index contributed by atoms with van der Waals surface area (Å²) in [4.78, 5) is 0. The van der Waals surface area contributed by atoms with Crippen LogP contribution in [-0.4, -0.2) is 25.7 Å². The Balaban J connectivity index is 4.01. The Labute approximate surface area is 71.2 Å². The minimum absolute atomic E-state index is 0.128. The molecular weight excluding hydrogens is 162 g/mol. The maximum Gasteiger partial charge on any atom is 0.234 e. The summed E-state index contributed by atoms with van der Waals surface area (Å²) in [5.74, 6) is 0.425. The molecule has 0 fully saturated rings. The summed E-state index contributed by atoms with van der Waals surface area (Å²) in [6, 6.07) is 0.128. The molecule has 0 aromatic carbocycles. The van der Waals surface area contributed by atoms with Gasteiger partial charge in [-0.2, -0.15) is 4.31 Å². The molecule has 1 N–H and O–H groups in total. The molecule has 3 nitrogen and oxygen atoms in total. The largest absolute Gasteiger partial charge is 0.294 e. The molecule has 0 amide bonds. The fourth-order valence-electron chi connectivity index (χ4n) is 0.815. The van der Waals surface area contributed by atoms with E-state index in [4.69, 9.17) is 4.55 Å². The molecular formula is C7H17NO2S. The second-order valence-electron chi connectivity index (χ2n) is 3.32. The zero-order valence-corrected chi connectivity index (χ0v) is 8.39. The molecule has 0 rings (SSSR count). The minimum Gasteiger partial charge on any atom is -0.294 e. The van der Waals surface area contributed by atoms with Gasteiger partial charge < -0.3 is 0 Å². The summed E-state index contributed by atoms with van der Waals surface area (Å²) >= 11 is -1.82. The van der Waals surface area contributed by atoms with Crippen molar-refractivity contribution in [2.75, 3.05) is 6.54 Å². The molecule has 0 aromatic rings. The standard InChI is InChI=1S/C7H17NO2S/c1-6(2)5-8(7(3)4)11(9)10/h6-7H,5H2,1-4H3,(H,9,10). The van der Waals surface area contributed by atoms with Crippen molar-refractivity contribution in [3.8, 4) is 0 Å². The van der Waals surface area contributed by atoms with E-state index >= 15 is 0 Å². The lowest BCUT2D eigenvalue weighted by molar-refractivity contribution is 0.311. The number of hydrogen-bond donors (Lipinski definition) is 1. The van der Waals surface area contributed by atoms with Crippen molar-refractivity contribution >= 4 is 11.3 Å². The Morgan fingerprint density at radius 3 is 1.91 bits per heavy atom. The third kappa shape index (κ3) is 4.50. The van der Waals surface area contributed by atoms with Gasteiger partial charge in [0, 0.05) is 12.6 Å². The van der Waals surface area contributed by atoms with Crippen LogP contribution in [0.1, 0.15) is 27.7 Å². The van der Waals surface area contributed by atoms with Crippen molar-refractivity contribution in [3.63, 3.8) is 0 Å². The van der Waals surface area contributed by atoms with Crippen LogP contribution >= 0.6 is 0 Å². The van der Waals surface area contributed by atoms with E-state index in [9.17, 15) is 4.21 Å². The highest BCUT2D eigenvalue weighted by atomic mass is 32.2. The maximum atomic E-state index is 10.7. The number of nitrogens with zero attached hydrogens (tertiary/aromatic N) is 1. The summed E-state index contributed by atoms with van der Waals surface area (Å²) in [6.07, 6.45) is 0. The quantitative estimate of drug-likeness (QED) is 0.664. The Bertz CT molecular complexity index is 136. The third-order valence-corrected chi connectivity index (χ3v) is 2.29. The predicted molar refractivity (Wildman–Crippen MR) is 47.5 cm³/mol. The van der Waals surface area contributed by atoms with Crippen LogP contribution in [0.4, 0.5) is 0 Å².